The Bertz CT molecular complexity index is 377. The zero-order valence-corrected chi connectivity index (χ0v) is 9.18. The molecule has 2 N–H and O–H groups in total. The molecule has 0 saturated carbocycles. The van der Waals surface area contributed by atoms with Crippen LogP contribution in [0.25, 0.3) is 0 Å². The normalized spacial score (nSPS) is 20.8. The minimum absolute atomic E-state index is 0.463. The number of nitrogens with zero attached hydrogens (tertiary/aromatic N) is 2. The van der Waals surface area contributed by atoms with Crippen LogP contribution in [0, 0.1) is 6.92 Å². The molecule has 0 aromatic carbocycles. The van der Waals surface area contributed by atoms with Gasteiger partial charge in [0, 0.05) is 25.8 Å². The van der Waals surface area contributed by atoms with Crippen molar-refractivity contribution in [2.45, 2.75) is 13.0 Å². The van der Waals surface area contributed by atoms with Crippen LogP contribution in [0.1, 0.15) is 5.56 Å². The molecule has 0 aliphatic carbocycles. The monoisotopic (exact) mass is 221 g/mol. The molecule has 1 fully saturated rings. The number of nitrogens with one attached hydrogen (secondary N) is 1. The van der Waals surface area contributed by atoms with E-state index < -0.39 is 12.0 Å². The Kier molecular flexibility index (Phi) is 3.05. The van der Waals surface area contributed by atoms with Crippen LogP contribution in [-0.2, 0) is 4.79 Å². The number of hydrogen-bond donors (Lipinski definition) is 2. The van der Waals surface area contributed by atoms with Gasteiger partial charge in [0.05, 0.1) is 0 Å². The van der Waals surface area contributed by atoms with Gasteiger partial charge in [-0.2, -0.15) is 0 Å². The minimum atomic E-state index is -0.811. The molecule has 1 atom stereocenters. The largest absolute Gasteiger partial charge is 0.480 e. The zero-order valence-electron chi connectivity index (χ0n) is 9.18. The van der Waals surface area contributed by atoms with E-state index in [1.807, 2.05) is 24.0 Å². The van der Waals surface area contributed by atoms with Crippen LogP contribution in [0.3, 0.4) is 0 Å². The summed E-state index contributed by atoms with van der Waals surface area (Å²) in [6.07, 6.45) is 1.76. The molecule has 2 rings (SSSR count). The maximum atomic E-state index is 11.1. The average Bonchev–Trinajstić information content (AvgIpc) is 2.30. The highest BCUT2D eigenvalue weighted by Gasteiger charge is 2.28. The van der Waals surface area contributed by atoms with Gasteiger partial charge in [0.1, 0.15) is 11.9 Å². The van der Waals surface area contributed by atoms with E-state index in [1.165, 1.54) is 0 Å². The van der Waals surface area contributed by atoms with E-state index in [0.29, 0.717) is 13.1 Å². The van der Waals surface area contributed by atoms with Gasteiger partial charge in [-0.25, -0.2) is 9.78 Å². The molecular formula is C11H15N3O2. The maximum absolute atomic E-state index is 11.1. The number of carboxylic acids is 1. The standard InChI is InChI=1S/C11H15N3O2/c1-8-2-3-10(13-6-8)14-5-4-12-7-9(14)11(15)16/h2-3,6,9,12H,4-5,7H2,1H3,(H,15,16). The van der Waals surface area contributed by atoms with Crippen LogP contribution in [0.2, 0.25) is 0 Å². The second-order valence-electron chi connectivity index (χ2n) is 3.95. The molecule has 1 aromatic rings. The summed E-state index contributed by atoms with van der Waals surface area (Å²) in [5, 5.41) is 12.2. The van der Waals surface area contributed by atoms with Gasteiger partial charge in [0.25, 0.3) is 0 Å². The summed E-state index contributed by atoms with van der Waals surface area (Å²) >= 11 is 0. The van der Waals surface area contributed by atoms with Crippen LogP contribution in [0.5, 0.6) is 0 Å². The van der Waals surface area contributed by atoms with Crippen LogP contribution < -0.4 is 10.2 Å². The Balaban J connectivity index is 2.23. The average molecular weight is 221 g/mol. The lowest BCUT2D eigenvalue weighted by Crippen LogP contribution is -2.55. The third-order valence-corrected chi connectivity index (χ3v) is 2.72. The molecule has 0 radical (unpaired) electrons. The number of anilines is 1. The molecule has 5 nitrogen and oxygen atoms in total. The lowest BCUT2D eigenvalue weighted by atomic mass is 10.2. The van der Waals surface area contributed by atoms with Crippen molar-refractivity contribution in [2.24, 2.45) is 0 Å². The summed E-state index contributed by atoms with van der Waals surface area (Å²) in [6, 6.07) is 3.30. The fraction of sp³-hybridized carbons (Fsp3) is 0.455. The van der Waals surface area contributed by atoms with E-state index in [0.717, 1.165) is 17.9 Å². The van der Waals surface area contributed by atoms with E-state index in [9.17, 15) is 4.79 Å². The van der Waals surface area contributed by atoms with E-state index in [4.69, 9.17) is 5.11 Å². The number of rotatable bonds is 2. The lowest BCUT2D eigenvalue weighted by molar-refractivity contribution is -0.138. The third kappa shape index (κ3) is 2.14. The number of carbonyl (C=O) groups is 1. The quantitative estimate of drug-likeness (QED) is 0.749. The molecule has 0 amide bonds. The molecule has 5 heteroatoms. The van der Waals surface area contributed by atoms with Crippen molar-refractivity contribution < 1.29 is 9.90 Å². The predicted octanol–water partition coefficient (Wildman–Crippen LogP) is 0.253. The number of aryl methyl sites for hydroxylation is 1. The maximum Gasteiger partial charge on any atom is 0.327 e. The molecule has 2 heterocycles. The topological polar surface area (TPSA) is 65.5 Å². The van der Waals surface area contributed by atoms with E-state index in [2.05, 4.69) is 10.3 Å². The summed E-state index contributed by atoms with van der Waals surface area (Å²) in [5.74, 6) is -0.0749. The van der Waals surface area contributed by atoms with Crippen molar-refractivity contribution in [1.29, 1.82) is 0 Å². The van der Waals surface area contributed by atoms with Crippen molar-refractivity contribution in [3.8, 4) is 0 Å². The Hall–Kier alpha value is -1.62. The van der Waals surface area contributed by atoms with Crippen LogP contribution in [0.15, 0.2) is 18.3 Å². The zero-order chi connectivity index (χ0) is 11.5. The van der Waals surface area contributed by atoms with Gasteiger partial charge in [-0.1, -0.05) is 6.07 Å². The van der Waals surface area contributed by atoms with Crippen molar-refractivity contribution in [2.75, 3.05) is 24.5 Å². The molecule has 0 spiro atoms. The highest BCUT2D eigenvalue weighted by molar-refractivity contribution is 5.78. The van der Waals surface area contributed by atoms with E-state index in [-0.39, 0.29) is 0 Å². The van der Waals surface area contributed by atoms with Gasteiger partial charge in [-0.15, -0.1) is 0 Å². The number of carboxylic acid groups (broad SMARTS) is 1. The first-order valence-electron chi connectivity index (χ1n) is 5.31. The second kappa shape index (κ2) is 4.49. The SMILES string of the molecule is Cc1ccc(N2CCNCC2C(=O)O)nc1. The van der Waals surface area contributed by atoms with Crippen molar-refractivity contribution >= 4 is 11.8 Å². The number of hydrogen-bond acceptors (Lipinski definition) is 4. The van der Waals surface area contributed by atoms with E-state index in [1.54, 1.807) is 6.20 Å². The number of aromatic nitrogens is 1. The van der Waals surface area contributed by atoms with E-state index >= 15 is 0 Å². The first-order chi connectivity index (χ1) is 7.68. The second-order valence-corrected chi connectivity index (χ2v) is 3.95. The number of piperazine rings is 1. The van der Waals surface area contributed by atoms with Gasteiger partial charge in [-0.3, -0.25) is 0 Å². The molecule has 1 aromatic heterocycles. The number of aliphatic carboxylic acids is 1. The Labute approximate surface area is 94.1 Å². The fourth-order valence-corrected chi connectivity index (χ4v) is 1.83. The Morgan fingerprint density at radius 3 is 3.06 bits per heavy atom. The van der Waals surface area contributed by atoms with Crippen LogP contribution in [0.4, 0.5) is 5.82 Å². The van der Waals surface area contributed by atoms with Gasteiger partial charge in [-0.05, 0) is 18.6 Å². The summed E-state index contributed by atoms with van der Waals surface area (Å²) in [5.41, 5.74) is 1.07. The third-order valence-electron chi connectivity index (χ3n) is 2.72. The molecule has 1 aliphatic heterocycles. The summed E-state index contributed by atoms with van der Waals surface area (Å²) in [4.78, 5) is 17.2. The fourth-order valence-electron chi connectivity index (χ4n) is 1.83. The molecule has 16 heavy (non-hydrogen) atoms. The van der Waals surface area contributed by atoms with Crippen molar-refractivity contribution in [3.05, 3.63) is 23.9 Å². The predicted molar refractivity (Wildman–Crippen MR) is 60.6 cm³/mol. The summed E-state index contributed by atoms with van der Waals surface area (Å²) in [6.45, 7) is 3.89. The molecule has 1 aliphatic rings. The Morgan fingerprint density at radius 2 is 2.44 bits per heavy atom. The first kappa shape index (κ1) is 10.9. The molecule has 0 bridgehead atoms. The van der Waals surface area contributed by atoms with Crippen molar-refractivity contribution in [3.63, 3.8) is 0 Å². The summed E-state index contributed by atoms with van der Waals surface area (Å²) < 4.78 is 0. The van der Waals surface area contributed by atoms with Crippen molar-refractivity contribution in [1.82, 2.24) is 10.3 Å². The number of pyridine rings is 1. The minimum Gasteiger partial charge on any atom is -0.480 e. The Morgan fingerprint density at radius 1 is 1.62 bits per heavy atom. The highest BCUT2D eigenvalue weighted by Crippen LogP contribution is 2.15. The molecular weight excluding hydrogens is 206 g/mol. The smallest absolute Gasteiger partial charge is 0.327 e. The van der Waals surface area contributed by atoms with Crippen LogP contribution >= 0.6 is 0 Å². The molecule has 86 valence electrons. The van der Waals surface area contributed by atoms with Crippen LogP contribution in [-0.4, -0.2) is 41.7 Å². The highest BCUT2D eigenvalue weighted by atomic mass is 16.4. The lowest BCUT2D eigenvalue weighted by Gasteiger charge is -2.34. The molecule has 1 unspecified atom stereocenters. The van der Waals surface area contributed by atoms with Gasteiger partial charge in [0.15, 0.2) is 0 Å². The van der Waals surface area contributed by atoms with Gasteiger partial charge >= 0.3 is 5.97 Å². The summed E-state index contributed by atoms with van der Waals surface area (Å²) in [7, 11) is 0. The molecule has 1 saturated heterocycles. The van der Waals surface area contributed by atoms with Gasteiger partial charge in [0.2, 0.25) is 0 Å². The van der Waals surface area contributed by atoms with Gasteiger partial charge < -0.3 is 15.3 Å². The first-order valence-corrected chi connectivity index (χ1v) is 5.31.